The van der Waals surface area contributed by atoms with Crippen molar-refractivity contribution in [1.29, 1.82) is 0 Å². The molecule has 0 radical (unpaired) electrons. The van der Waals surface area contributed by atoms with Gasteiger partial charge in [0.2, 0.25) is 0 Å². The van der Waals surface area contributed by atoms with Crippen molar-refractivity contribution in [2.24, 2.45) is 0 Å². The molecule has 10 heteroatoms. The average Bonchev–Trinajstić information content (AvgIpc) is 2.82. The molecule has 0 aliphatic heterocycles. The van der Waals surface area contributed by atoms with Crippen LogP contribution in [0.5, 0.6) is 11.5 Å². The monoisotopic (exact) mass is 498 g/mol. The van der Waals surface area contributed by atoms with E-state index in [1.807, 2.05) is 13.0 Å². The molecule has 35 heavy (non-hydrogen) atoms. The minimum Gasteiger partial charge on any atom is -0.497 e. The fraction of sp³-hybridized carbons (Fsp3) is 0.200. The predicted molar refractivity (Wildman–Crippen MR) is 132 cm³/mol. The van der Waals surface area contributed by atoms with Gasteiger partial charge >= 0.3 is 5.97 Å². The molecule has 0 atom stereocenters. The number of carbonyl (C=O) groups is 2. The number of methoxy groups -OCH3 is 2. The largest absolute Gasteiger partial charge is 0.497 e. The van der Waals surface area contributed by atoms with Crippen LogP contribution in [0.1, 0.15) is 21.5 Å². The quantitative estimate of drug-likeness (QED) is 0.429. The molecular formula is C25H26N2O7S. The van der Waals surface area contributed by atoms with Crippen molar-refractivity contribution < 1.29 is 32.2 Å². The summed E-state index contributed by atoms with van der Waals surface area (Å²) >= 11 is 0. The summed E-state index contributed by atoms with van der Waals surface area (Å²) in [7, 11) is -0.996. The number of carbonyl (C=O) groups excluding carboxylic acids is 2. The first kappa shape index (κ1) is 25.6. The van der Waals surface area contributed by atoms with Gasteiger partial charge in [-0.15, -0.1) is 0 Å². The number of nitrogens with one attached hydrogen (secondary N) is 2. The lowest BCUT2D eigenvalue weighted by Gasteiger charge is -2.13. The number of anilines is 2. The van der Waals surface area contributed by atoms with Crippen LogP contribution in [0.15, 0.2) is 65.6 Å². The van der Waals surface area contributed by atoms with Gasteiger partial charge in [-0.3, -0.25) is 9.52 Å². The summed E-state index contributed by atoms with van der Waals surface area (Å²) in [5.41, 5.74) is 2.21. The van der Waals surface area contributed by atoms with Gasteiger partial charge in [0.25, 0.3) is 15.9 Å². The van der Waals surface area contributed by atoms with Gasteiger partial charge in [-0.1, -0.05) is 18.2 Å². The van der Waals surface area contributed by atoms with E-state index in [0.717, 1.165) is 5.56 Å². The summed E-state index contributed by atoms with van der Waals surface area (Å²) < 4.78 is 43.6. The number of amides is 1. The van der Waals surface area contributed by atoms with Crippen LogP contribution in [-0.4, -0.2) is 41.1 Å². The van der Waals surface area contributed by atoms with Crippen LogP contribution in [-0.2, 0) is 19.6 Å². The number of sulfonamides is 1. The highest BCUT2D eigenvalue weighted by Crippen LogP contribution is 2.29. The first-order valence-electron chi connectivity index (χ1n) is 10.5. The first-order valence-corrected chi connectivity index (χ1v) is 12.0. The SMILES string of the molecule is COc1ccc(NC(=O)COC(=O)c2cc(S(=O)(=O)Nc3cccc(C)c3)ccc2C)c(OC)c1. The molecule has 0 aliphatic carbocycles. The lowest BCUT2D eigenvalue weighted by molar-refractivity contribution is -0.119. The first-order chi connectivity index (χ1) is 16.6. The maximum absolute atomic E-state index is 12.8. The number of hydrogen-bond acceptors (Lipinski definition) is 7. The number of ether oxygens (including phenoxy) is 3. The fourth-order valence-corrected chi connectivity index (χ4v) is 4.28. The van der Waals surface area contributed by atoms with Crippen molar-refractivity contribution in [2.75, 3.05) is 30.9 Å². The Morgan fingerprint density at radius 3 is 2.37 bits per heavy atom. The molecule has 0 aromatic heterocycles. The molecular weight excluding hydrogens is 472 g/mol. The van der Waals surface area contributed by atoms with Crippen LogP contribution in [0.2, 0.25) is 0 Å². The third-order valence-corrected chi connectivity index (χ3v) is 6.41. The maximum Gasteiger partial charge on any atom is 0.338 e. The molecule has 3 aromatic rings. The summed E-state index contributed by atoms with van der Waals surface area (Å²) in [6, 6.07) is 15.9. The molecule has 0 heterocycles. The summed E-state index contributed by atoms with van der Waals surface area (Å²) in [6.45, 7) is 2.91. The van der Waals surface area contributed by atoms with Crippen molar-refractivity contribution >= 4 is 33.3 Å². The number of aryl methyl sites for hydroxylation is 2. The summed E-state index contributed by atoms with van der Waals surface area (Å²) in [5, 5.41) is 2.60. The molecule has 3 rings (SSSR count). The topological polar surface area (TPSA) is 120 Å². The van der Waals surface area contributed by atoms with E-state index < -0.39 is 28.5 Å². The van der Waals surface area contributed by atoms with Gasteiger partial charge < -0.3 is 19.5 Å². The van der Waals surface area contributed by atoms with Gasteiger partial charge in [0, 0.05) is 11.8 Å². The second kappa shape index (κ2) is 10.9. The zero-order chi connectivity index (χ0) is 25.6. The van der Waals surface area contributed by atoms with Crippen LogP contribution < -0.4 is 19.5 Å². The van der Waals surface area contributed by atoms with Gasteiger partial charge in [0.15, 0.2) is 6.61 Å². The standard InChI is InChI=1S/C25H26N2O7S/c1-16-6-5-7-18(12-16)27-35(30,31)20-10-8-17(2)21(14-20)25(29)34-15-24(28)26-22-11-9-19(32-3)13-23(22)33-4/h5-14,27H,15H2,1-4H3,(H,26,28). The molecule has 0 fully saturated rings. The van der Waals surface area contributed by atoms with Crippen molar-refractivity contribution in [2.45, 2.75) is 18.7 Å². The Labute approximate surface area is 204 Å². The number of esters is 1. The number of rotatable bonds is 9. The molecule has 0 bridgehead atoms. The maximum atomic E-state index is 12.8. The van der Waals surface area contributed by atoms with Gasteiger partial charge in [-0.05, 0) is 61.4 Å². The molecule has 0 spiro atoms. The number of hydrogen-bond donors (Lipinski definition) is 2. The zero-order valence-electron chi connectivity index (χ0n) is 19.7. The molecule has 0 aliphatic rings. The lowest BCUT2D eigenvalue weighted by Crippen LogP contribution is -2.22. The minimum absolute atomic E-state index is 0.0342. The van der Waals surface area contributed by atoms with Gasteiger partial charge in [0.1, 0.15) is 11.5 Å². The van der Waals surface area contributed by atoms with Crippen molar-refractivity contribution in [3.05, 3.63) is 77.4 Å². The van der Waals surface area contributed by atoms with Crippen LogP contribution in [0.25, 0.3) is 0 Å². The molecule has 0 saturated heterocycles. The van der Waals surface area contributed by atoms with Gasteiger partial charge in [-0.2, -0.15) is 0 Å². The summed E-state index contributed by atoms with van der Waals surface area (Å²) in [4.78, 5) is 24.9. The molecule has 184 valence electrons. The van der Waals surface area contributed by atoms with Gasteiger partial charge in [-0.25, -0.2) is 13.2 Å². The van der Waals surface area contributed by atoms with E-state index in [-0.39, 0.29) is 10.5 Å². The Bertz CT molecular complexity index is 1350. The van der Waals surface area contributed by atoms with E-state index in [9.17, 15) is 18.0 Å². The van der Waals surface area contributed by atoms with Crippen LogP contribution in [0.4, 0.5) is 11.4 Å². The molecule has 0 saturated carbocycles. The van der Waals surface area contributed by atoms with Crippen LogP contribution >= 0.6 is 0 Å². The van der Waals surface area contributed by atoms with Crippen molar-refractivity contribution in [3.8, 4) is 11.5 Å². The Morgan fingerprint density at radius 2 is 1.69 bits per heavy atom. The summed E-state index contributed by atoms with van der Waals surface area (Å²) in [5.74, 6) is -0.497. The Kier molecular flexibility index (Phi) is 7.98. The molecule has 9 nitrogen and oxygen atoms in total. The lowest BCUT2D eigenvalue weighted by atomic mass is 10.1. The van der Waals surface area contributed by atoms with Crippen molar-refractivity contribution in [1.82, 2.24) is 0 Å². The van der Waals surface area contributed by atoms with E-state index in [1.165, 1.54) is 32.4 Å². The third-order valence-electron chi connectivity index (χ3n) is 5.03. The van der Waals surface area contributed by atoms with E-state index >= 15 is 0 Å². The Morgan fingerprint density at radius 1 is 0.914 bits per heavy atom. The molecule has 3 aromatic carbocycles. The third kappa shape index (κ3) is 6.51. The second-order valence-corrected chi connectivity index (χ2v) is 9.32. The number of benzene rings is 3. The zero-order valence-corrected chi connectivity index (χ0v) is 20.6. The Balaban J connectivity index is 1.70. The fourth-order valence-electron chi connectivity index (χ4n) is 3.21. The second-order valence-electron chi connectivity index (χ2n) is 7.64. The minimum atomic E-state index is -3.95. The molecule has 1 amide bonds. The van der Waals surface area contributed by atoms with E-state index in [1.54, 1.807) is 43.3 Å². The predicted octanol–water partition coefficient (Wildman–Crippen LogP) is 3.92. The highest BCUT2D eigenvalue weighted by molar-refractivity contribution is 7.92. The molecule has 0 unspecified atom stereocenters. The van der Waals surface area contributed by atoms with Gasteiger partial charge in [0.05, 0.1) is 30.4 Å². The van der Waals surface area contributed by atoms with Crippen molar-refractivity contribution in [3.63, 3.8) is 0 Å². The molecule has 2 N–H and O–H groups in total. The smallest absolute Gasteiger partial charge is 0.338 e. The van der Waals surface area contributed by atoms with E-state index in [0.29, 0.717) is 28.4 Å². The van der Waals surface area contributed by atoms with E-state index in [4.69, 9.17) is 14.2 Å². The normalized spacial score (nSPS) is 10.9. The van der Waals surface area contributed by atoms with Crippen LogP contribution in [0, 0.1) is 13.8 Å². The van der Waals surface area contributed by atoms with Crippen LogP contribution in [0.3, 0.4) is 0 Å². The highest BCUT2D eigenvalue weighted by atomic mass is 32.2. The average molecular weight is 499 g/mol. The summed E-state index contributed by atoms with van der Waals surface area (Å²) in [6.07, 6.45) is 0. The van der Waals surface area contributed by atoms with E-state index in [2.05, 4.69) is 10.0 Å². The highest BCUT2D eigenvalue weighted by Gasteiger charge is 2.20. The Hall–Kier alpha value is -4.05.